The van der Waals surface area contributed by atoms with Crippen molar-refractivity contribution in [1.29, 1.82) is 0 Å². The van der Waals surface area contributed by atoms with E-state index in [1.54, 1.807) is 0 Å². The van der Waals surface area contributed by atoms with Crippen LogP contribution in [0.5, 0.6) is 0 Å². The van der Waals surface area contributed by atoms with Gasteiger partial charge in [0, 0.05) is 6.61 Å². The second-order valence-electron chi connectivity index (χ2n) is 2.91. The van der Waals surface area contributed by atoms with Crippen LogP contribution >= 0.6 is 11.3 Å². The van der Waals surface area contributed by atoms with Gasteiger partial charge in [-0.25, -0.2) is 4.98 Å². The fraction of sp³-hybridized carbons (Fsp3) is 0.667. The van der Waals surface area contributed by atoms with Gasteiger partial charge in [0.1, 0.15) is 0 Å². The summed E-state index contributed by atoms with van der Waals surface area (Å²) >= 11 is 1.49. The number of hydrogen-bond donors (Lipinski definition) is 1. The normalized spacial score (nSPS) is 13.2. The summed E-state index contributed by atoms with van der Waals surface area (Å²) in [5, 5.41) is 10.6. The fourth-order valence-electron chi connectivity index (χ4n) is 1.08. The number of hydrogen-bond acceptors (Lipinski definition) is 4. The zero-order valence-electron chi connectivity index (χ0n) is 8.20. The van der Waals surface area contributed by atoms with Gasteiger partial charge in [0.05, 0.1) is 15.6 Å². The lowest BCUT2D eigenvalue weighted by atomic mass is 10.4. The number of aliphatic hydroxyl groups excluding tert-OH is 1. The molecule has 0 aliphatic carbocycles. The molecule has 1 unspecified atom stereocenters. The third-order valence-electron chi connectivity index (χ3n) is 1.64. The first-order valence-electron chi connectivity index (χ1n) is 4.38. The molecule has 74 valence electrons. The zero-order valence-corrected chi connectivity index (χ0v) is 9.02. The molecular formula is C9H15NO2S. The van der Waals surface area contributed by atoms with Crippen molar-refractivity contribution in [2.24, 2.45) is 0 Å². The van der Waals surface area contributed by atoms with Crippen molar-refractivity contribution >= 4 is 11.3 Å². The molecule has 1 atom stereocenters. The number of ether oxygens (including phenoxy) is 1. The van der Waals surface area contributed by atoms with Gasteiger partial charge in [0.2, 0.25) is 0 Å². The van der Waals surface area contributed by atoms with Crippen LogP contribution in [0, 0.1) is 13.8 Å². The summed E-state index contributed by atoms with van der Waals surface area (Å²) in [7, 11) is 0. The largest absolute Gasteiger partial charge is 0.364 e. The minimum atomic E-state index is -0.800. The molecule has 1 heterocycles. The van der Waals surface area contributed by atoms with Gasteiger partial charge < -0.3 is 9.84 Å². The average Bonchev–Trinajstić information content (AvgIpc) is 2.41. The number of nitrogens with zero attached hydrogens (tertiary/aromatic N) is 1. The Morgan fingerprint density at radius 1 is 1.54 bits per heavy atom. The van der Waals surface area contributed by atoms with Crippen molar-refractivity contribution in [1.82, 2.24) is 4.98 Å². The molecule has 0 saturated carbocycles. The second kappa shape index (κ2) is 4.69. The predicted octanol–water partition coefficient (Wildman–Crippen LogP) is 2.18. The van der Waals surface area contributed by atoms with Crippen LogP contribution in [-0.2, 0) is 4.74 Å². The van der Waals surface area contributed by atoms with Crippen molar-refractivity contribution in [3.05, 3.63) is 15.6 Å². The lowest BCUT2D eigenvalue weighted by Gasteiger charge is -2.09. The molecule has 0 bridgehead atoms. The number of aromatic nitrogens is 1. The number of aryl methyl sites for hydroxylation is 2. The van der Waals surface area contributed by atoms with Crippen molar-refractivity contribution in [3.8, 4) is 0 Å². The van der Waals surface area contributed by atoms with Crippen LogP contribution in [0.25, 0.3) is 0 Å². The molecule has 1 aromatic rings. The van der Waals surface area contributed by atoms with E-state index in [0.29, 0.717) is 6.61 Å². The molecule has 1 N–H and O–H groups in total. The van der Waals surface area contributed by atoms with Gasteiger partial charge in [0.15, 0.2) is 6.29 Å². The molecule has 0 amide bonds. The molecular weight excluding hydrogens is 186 g/mol. The average molecular weight is 201 g/mol. The standard InChI is InChI=1S/C9H15NO2S/c1-4-5-12-9(11)8-6(2)10-7(3)13-8/h9,11H,4-5H2,1-3H3. The highest BCUT2D eigenvalue weighted by Gasteiger charge is 2.14. The van der Waals surface area contributed by atoms with E-state index in [0.717, 1.165) is 22.0 Å². The summed E-state index contributed by atoms with van der Waals surface area (Å²) in [4.78, 5) is 5.04. The van der Waals surface area contributed by atoms with Crippen LogP contribution < -0.4 is 0 Å². The Labute approximate surface area is 82.4 Å². The van der Waals surface area contributed by atoms with Gasteiger partial charge in [-0.05, 0) is 20.3 Å². The first-order valence-corrected chi connectivity index (χ1v) is 5.20. The monoisotopic (exact) mass is 201 g/mol. The van der Waals surface area contributed by atoms with Crippen LogP contribution in [-0.4, -0.2) is 16.7 Å². The molecule has 1 aromatic heterocycles. The summed E-state index contributed by atoms with van der Waals surface area (Å²) in [6.07, 6.45) is 0.111. The van der Waals surface area contributed by atoms with E-state index in [1.807, 2.05) is 20.8 Å². The Morgan fingerprint density at radius 3 is 2.69 bits per heavy atom. The van der Waals surface area contributed by atoms with Gasteiger partial charge in [-0.2, -0.15) is 0 Å². The van der Waals surface area contributed by atoms with E-state index < -0.39 is 6.29 Å². The van der Waals surface area contributed by atoms with E-state index in [-0.39, 0.29) is 0 Å². The van der Waals surface area contributed by atoms with E-state index in [9.17, 15) is 5.11 Å². The number of aliphatic hydroxyl groups is 1. The molecule has 0 aromatic carbocycles. The first kappa shape index (κ1) is 10.6. The van der Waals surface area contributed by atoms with Crippen molar-refractivity contribution in [2.45, 2.75) is 33.5 Å². The predicted molar refractivity (Wildman–Crippen MR) is 52.8 cm³/mol. The molecule has 3 nitrogen and oxygen atoms in total. The van der Waals surface area contributed by atoms with E-state index in [1.165, 1.54) is 11.3 Å². The smallest absolute Gasteiger partial charge is 0.192 e. The van der Waals surface area contributed by atoms with Crippen molar-refractivity contribution in [2.75, 3.05) is 6.61 Å². The SMILES string of the molecule is CCCOC(O)c1sc(C)nc1C. The van der Waals surface area contributed by atoms with Gasteiger partial charge in [-0.15, -0.1) is 11.3 Å². The number of thiazole rings is 1. The molecule has 0 fully saturated rings. The Balaban J connectivity index is 2.64. The quantitative estimate of drug-likeness (QED) is 0.759. The van der Waals surface area contributed by atoms with Gasteiger partial charge >= 0.3 is 0 Å². The van der Waals surface area contributed by atoms with Crippen molar-refractivity contribution in [3.63, 3.8) is 0 Å². The lowest BCUT2D eigenvalue weighted by Crippen LogP contribution is -2.03. The van der Waals surface area contributed by atoms with Gasteiger partial charge in [-0.1, -0.05) is 6.92 Å². The van der Waals surface area contributed by atoms with Crippen molar-refractivity contribution < 1.29 is 9.84 Å². The summed E-state index contributed by atoms with van der Waals surface area (Å²) in [5.41, 5.74) is 0.867. The molecule has 0 aliphatic rings. The highest BCUT2D eigenvalue weighted by Crippen LogP contribution is 2.25. The summed E-state index contributed by atoms with van der Waals surface area (Å²) in [6, 6.07) is 0. The molecule has 13 heavy (non-hydrogen) atoms. The highest BCUT2D eigenvalue weighted by molar-refractivity contribution is 7.11. The Kier molecular flexibility index (Phi) is 3.84. The summed E-state index contributed by atoms with van der Waals surface area (Å²) < 4.78 is 5.20. The topological polar surface area (TPSA) is 42.4 Å². The maximum Gasteiger partial charge on any atom is 0.192 e. The van der Waals surface area contributed by atoms with E-state index in [4.69, 9.17) is 4.74 Å². The van der Waals surface area contributed by atoms with Crippen LogP contribution in [0.3, 0.4) is 0 Å². The zero-order chi connectivity index (χ0) is 9.84. The summed E-state index contributed by atoms with van der Waals surface area (Å²) in [6.45, 7) is 6.40. The Morgan fingerprint density at radius 2 is 2.23 bits per heavy atom. The minimum absolute atomic E-state index is 0.581. The van der Waals surface area contributed by atoms with Crippen LogP contribution in [0.2, 0.25) is 0 Å². The molecule has 0 aliphatic heterocycles. The lowest BCUT2D eigenvalue weighted by molar-refractivity contribution is -0.100. The highest BCUT2D eigenvalue weighted by atomic mass is 32.1. The fourth-order valence-corrected chi connectivity index (χ4v) is 1.94. The third kappa shape index (κ3) is 2.76. The summed E-state index contributed by atoms with van der Waals surface area (Å²) in [5.74, 6) is 0. The number of rotatable bonds is 4. The second-order valence-corrected chi connectivity index (χ2v) is 4.14. The molecule has 0 saturated heterocycles. The molecule has 0 spiro atoms. The first-order chi connectivity index (χ1) is 6.15. The Hall–Kier alpha value is -0.450. The minimum Gasteiger partial charge on any atom is -0.364 e. The Bertz CT molecular complexity index is 273. The maximum absolute atomic E-state index is 9.59. The van der Waals surface area contributed by atoms with Crippen LogP contribution in [0.1, 0.15) is 35.2 Å². The maximum atomic E-state index is 9.59. The molecule has 0 radical (unpaired) electrons. The van der Waals surface area contributed by atoms with Gasteiger partial charge in [0.25, 0.3) is 0 Å². The van der Waals surface area contributed by atoms with E-state index in [2.05, 4.69) is 4.98 Å². The molecule has 4 heteroatoms. The third-order valence-corrected chi connectivity index (χ3v) is 2.75. The van der Waals surface area contributed by atoms with Crippen LogP contribution in [0.4, 0.5) is 0 Å². The molecule has 1 rings (SSSR count). The van der Waals surface area contributed by atoms with Gasteiger partial charge in [-0.3, -0.25) is 0 Å². The van der Waals surface area contributed by atoms with Crippen LogP contribution in [0.15, 0.2) is 0 Å². The van der Waals surface area contributed by atoms with E-state index >= 15 is 0 Å².